The summed E-state index contributed by atoms with van der Waals surface area (Å²) in [6.07, 6.45) is 0.526. The lowest BCUT2D eigenvalue weighted by atomic mass is 9.71. The van der Waals surface area contributed by atoms with Crippen molar-refractivity contribution in [2.75, 3.05) is 6.61 Å². The van der Waals surface area contributed by atoms with E-state index in [0.29, 0.717) is 13.0 Å². The highest BCUT2D eigenvalue weighted by molar-refractivity contribution is 5.74. The second-order valence-electron chi connectivity index (χ2n) is 6.36. The number of aliphatic hydroxyl groups is 1. The molecule has 0 saturated carbocycles. The van der Waals surface area contributed by atoms with Gasteiger partial charge in [0.15, 0.2) is 0 Å². The minimum atomic E-state index is -1.20. The van der Waals surface area contributed by atoms with E-state index in [1.54, 1.807) is 6.92 Å². The van der Waals surface area contributed by atoms with Crippen molar-refractivity contribution in [3.63, 3.8) is 0 Å². The number of carbonyl (C=O) groups excluding carboxylic acids is 1. The van der Waals surface area contributed by atoms with Crippen LogP contribution in [0.15, 0.2) is 30.3 Å². The van der Waals surface area contributed by atoms with Gasteiger partial charge in [-0.2, -0.15) is 0 Å². The molecular formula is C18H28O3. The Morgan fingerprint density at radius 2 is 1.76 bits per heavy atom. The average molecular weight is 292 g/mol. The van der Waals surface area contributed by atoms with Crippen LogP contribution in [0.3, 0.4) is 0 Å². The maximum absolute atomic E-state index is 12.4. The van der Waals surface area contributed by atoms with Gasteiger partial charge >= 0.3 is 5.97 Å². The predicted octanol–water partition coefficient (Wildman–Crippen LogP) is 3.76. The maximum Gasteiger partial charge on any atom is 0.312 e. The van der Waals surface area contributed by atoms with E-state index < -0.39 is 11.5 Å². The second-order valence-corrected chi connectivity index (χ2v) is 6.36. The lowest BCUT2D eigenvalue weighted by Gasteiger charge is -2.38. The first-order chi connectivity index (χ1) is 9.82. The number of carbonyl (C=O) groups is 1. The molecule has 3 nitrogen and oxygen atoms in total. The highest BCUT2D eigenvalue weighted by Gasteiger charge is 2.45. The molecule has 1 N–H and O–H groups in total. The Morgan fingerprint density at radius 1 is 1.19 bits per heavy atom. The van der Waals surface area contributed by atoms with Gasteiger partial charge in [0, 0.05) is 0 Å². The number of hydrogen-bond acceptors (Lipinski definition) is 3. The molecule has 2 atom stereocenters. The first kappa shape index (κ1) is 17.7. The van der Waals surface area contributed by atoms with Crippen LogP contribution in [0.5, 0.6) is 0 Å². The van der Waals surface area contributed by atoms with Crippen molar-refractivity contribution in [2.24, 2.45) is 17.8 Å². The fourth-order valence-electron chi connectivity index (χ4n) is 3.02. The van der Waals surface area contributed by atoms with Crippen LogP contribution in [0.1, 0.15) is 46.6 Å². The molecule has 2 unspecified atom stereocenters. The summed E-state index contributed by atoms with van der Waals surface area (Å²) in [4.78, 5) is 12.4. The summed E-state index contributed by atoms with van der Waals surface area (Å²) in [5, 5.41) is 11.4. The minimum Gasteiger partial charge on any atom is -0.466 e. The van der Waals surface area contributed by atoms with Crippen LogP contribution in [0.4, 0.5) is 0 Å². The number of esters is 1. The fourth-order valence-corrected chi connectivity index (χ4v) is 3.02. The molecular weight excluding hydrogens is 264 g/mol. The van der Waals surface area contributed by atoms with E-state index >= 15 is 0 Å². The van der Waals surface area contributed by atoms with Crippen molar-refractivity contribution in [2.45, 2.75) is 46.6 Å². The van der Waals surface area contributed by atoms with Gasteiger partial charge in [-0.05, 0) is 30.7 Å². The fraction of sp³-hybridized carbons (Fsp3) is 0.611. The first-order valence-corrected chi connectivity index (χ1v) is 7.77. The highest BCUT2D eigenvalue weighted by Crippen LogP contribution is 2.40. The minimum absolute atomic E-state index is 0.00648. The highest BCUT2D eigenvalue weighted by atomic mass is 16.5. The van der Waals surface area contributed by atoms with E-state index in [1.165, 1.54) is 0 Å². The quantitative estimate of drug-likeness (QED) is 0.778. The Bertz CT molecular complexity index is 439. The molecule has 0 aliphatic carbocycles. The van der Waals surface area contributed by atoms with Crippen LogP contribution in [0.2, 0.25) is 0 Å². The van der Waals surface area contributed by atoms with Crippen molar-refractivity contribution in [3.05, 3.63) is 35.9 Å². The number of hydrogen-bond donors (Lipinski definition) is 1. The molecule has 118 valence electrons. The molecule has 0 aliphatic rings. The van der Waals surface area contributed by atoms with Gasteiger partial charge in [-0.15, -0.1) is 0 Å². The Hall–Kier alpha value is -1.35. The molecule has 21 heavy (non-hydrogen) atoms. The molecule has 1 aromatic rings. The third kappa shape index (κ3) is 4.31. The molecule has 0 spiro atoms. The SMILES string of the molecule is CCOC(=O)C(C(C)C)C(O)(CC(C)C)c1ccccc1. The molecule has 1 rings (SSSR count). The molecule has 0 fully saturated rings. The van der Waals surface area contributed by atoms with Crippen molar-refractivity contribution in [1.82, 2.24) is 0 Å². The summed E-state index contributed by atoms with van der Waals surface area (Å²) in [6, 6.07) is 9.47. The predicted molar refractivity (Wildman–Crippen MR) is 84.8 cm³/mol. The van der Waals surface area contributed by atoms with Crippen LogP contribution in [0.25, 0.3) is 0 Å². The Kier molecular flexibility index (Phi) is 6.41. The van der Waals surface area contributed by atoms with Gasteiger partial charge in [-0.1, -0.05) is 58.0 Å². The average Bonchev–Trinajstić information content (AvgIpc) is 2.38. The summed E-state index contributed by atoms with van der Waals surface area (Å²) in [7, 11) is 0. The zero-order valence-electron chi connectivity index (χ0n) is 13.8. The molecule has 0 heterocycles. The first-order valence-electron chi connectivity index (χ1n) is 7.77. The van der Waals surface area contributed by atoms with E-state index in [-0.39, 0.29) is 17.8 Å². The molecule has 0 bridgehead atoms. The number of benzene rings is 1. The van der Waals surface area contributed by atoms with Crippen molar-refractivity contribution in [3.8, 4) is 0 Å². The Balaban J connectivity index is 3.29. The zero-order chi connectivity index (χ0) is 16.0. The van der Waals surface area contributed by atoms with Gasteiger partial charge in [0.2, 0.25) is 0 Å². The van der Waals surface area contributed by atoms with E-state index in [2.05, 4.69) is 13.8 Å². The van der Waals surface area contributed by atoms with Crippen molar-refractivity contribution < 1.29 is 14.6 Å². The summed E-state index contributed by atoms with van der Waals surface area (Å²) in [5.74, 6) is -0.624. The zero-order valence-corrected chi connectivity index (χ0v) is 13.8. The van der Waals surface area contributed by atoms with E-state index in [9.17, 15) is 9.90 Å². The Morgan fingerprint density at radius 3 is 2.19 bits per heavy atom. The van der Waals surface area contributed by atoms with Crippen molar-refractivity contribution >= 4 is 5.97 Å². The molecule has 0 aliphatic heterocycles. The van der Waals surface area contributed by atoms with Crippen LogP contribution in [0, 0.1) is 17.8 Å². The van der Waals surface area contributed by atoms with E-state index in [1.807, 2.05) is 44.2 Å². The molecule has 3 heteroatoms. The van der Waals surface area contributed by atoms with Gasteiger partial charge in [0.05, 0.1) is 12.5 Å². The van der Waals surface area contributed by atoms with Gasteiger partial charge in [-0.3, -0.25) is 4.79 Å². The monoisotopic (exact) mass is 292 g/mol. The lowest BCUT2D eigenvalue weighted by molar-refractivity contribution is -0.165. The van der Waals surface area contributed by atoms with Gasteiger partial charge in [0.25, 0.3) is 0 Å². The van der Waals surface area contributed by atoms with Gasteiger partial charge in [0.1, 0.15) is 5.60 Å². The lowest BCUT2D eigenvalue weighted by Crippen LogP contribution is -2.44. The molecule has 0 saturated heterocycles. The number of ether oxygens (including phenoxy) is 1. The van der Waals surface area contributed by atoms with Crippen molar-refractivity contribution in [1.29, 1.82) is 0 Å². The molecule has 0 aromatic heterocycles. The standard InChI is InChI=1S/C18H28O3/c1-6-21-17(19)16(14(4)5)18(20,12-13(2)3)15-10-8-7-9-11-15/h7-11,13-14,16,20H,6,12H2,1-5H3. The third-order valence-electron chi connectivity index (χ3n) is 3.71. The third-order valence-corrected chi connectivity index (χ3v) is 3.71. The van der Waals surface area contributed by atoms with Gasteiger partial charge < -0.3 is 9.84 Å². The van der Waals surface area contributed by atoms with Crippen LogP contribution in [-0.2, 0) is 15.1 Å². The van der Waals surface area contributed by atoms with Crippen LogP contribution >= 0.6 is 0 Å². The maximum atomic E-state index is 12.4. The van der Waals surface area contributed by atoms with Gasteiger partial charge in [-0.25, -0.2) is 0 Å². The smallest absolute Gasteiger partial charge is 0.312 e. The summed E-state index contributed by atoms with van der Waals surface area (Å²) in [5.41, 5.74) is -0.416. The summed E-state index contributed by atoms with van der Waals surface area (Å²) >= 11 is 0. The summed E-state index contributed by atoms with van der Waals surface area (Å²) < 4.78 is 5.22. The Labute approximate surface area is 128 Å². The van der Waals surface area contributed by atoms with Crippen LogP contribution in [-0.4, -0.2) is 17.7 Å². The number of rotatable bonds is 7. The van der Waals surface area contributed by atoms with E-state index in [4.69, 9.17) is 4.74 Å². The molecule has 0 amide bonds. The van der Waals surface area contributed by atoms with Crippen LogP contribution < -0.4 is 0 Å². The molecule has 0 radical (unpaired) electrons. The molecule has 1 aromatic carbocycles. The largest absolute Gasteiger partial charge is 0.466 e. The normalized spacial score (nSPS) is 15.8. The van der Waals surface area contributed by atoms with E-state index in [0.717, 1.165) is 5.56 Å². The topological polar surface area (TPSA) is 46.5 Å². The summed E-state index contributed by atoms with van der Waals surface area (Å²) in [6.45, 7) is 10.1. The second kappa shape index (κ2) is 7.60.